The minimum Gasteiger partial charge on any atom is -0.497 e. The highest BCUT2D eigenvalue weighted by Crippen LogP contribution is 2.35. The molecule has 1 fully saturated rings. The number of aryl methyl sites for hydroxylation is 1. The molecule has 0 radical (unpaired) electrons. The van der Waals surface area contributed by atoms with Crippen LogP contribution in [0, 0.1) is 12.8 Å². The molecule has 0 aromatic heterocycles. The third kappa shape index (κ3) is 3.98. The number of ether oxygens (including phenoxy) is 2. The molecule has 0 amide bonds. The first-order chi connectivity index (χ1) is 10.2. The van der Waals surface area contributed by atoms with Gasteiger partial charge in [-0.05, 0) is 55.9 Å². The van der Waals surface area contributed by atoms with Crippen LogP contribution in [0.4, 0.5) is 0 Å². The van der Waals surface area contributed by atoms with E-state index in [0.717, 1.165) is 29.7 Å². The molecule has 0 bridgehead atoms. The summed E-state index contributed by atoms with van der Waals surface area (Å²) in [7, 11) is 1.66. The zero-order valence-electron chi connectivity index (χ0n) is 13.5. The zero-order valence-corrected chi connectivity index (χ0v) is 13.5. The lowest BCUT2D eigenvalue weighted by atomic mass is 9.81. The van der Waals surface area contributed by atoms with Crippen molar-refractivity contribution in [2.75, 3.05) is 13.7 Å². The van der Waals surface area contributed by atoms with Crippen LogP contribution in [0.3, 0.4) is 0 Å². The van der Waals surface area contributed by atoms with Crippen LogP contribution >= 0.6 is 0 Å². The molecule has 1 aliphatic rings. The van der Waals surface area contributed by atoms with Crippen LogP contribution in [0.1, 0.15) is 56.3 Å². The molecular weight excluding hydrogens is 264 g/mol. The van der Waals surface area contributed by atoms with Gasteiger partial charge in [0.25, 0.3) is 0 Å². The normalized spacial score (nSPS) is 19.2. The largest absolute Gasteiger partial charge is 0.497 e. The summed E-state index contributed by atoms with van der Waals surface area (Å²) in [6.45, 7) is 4.67. The molecule has 0 aliphatic heterocycles. The summed E-state index contributed by atoms with van der Waals surface area (Å²) in [5.74, 6) is 1.30. The first-order valence-corrected chi connectivity index (χ1v) is 8.11. The number of aliphatic hydroxyl groups is 1. The van der Waals surface area contributed by atoms with E-state index in [2.05, 4.69) is 0 Å². The van der Waals surface area contributed by atoms with Gasteiger partial charge >= 0.3 is 0 Å². The van der Waals surface area contributed by atoms with Gasteiger partial charge in [-0.3, -0.25) is 0 Å². The lowest BCUT2D eigenvalue weighted by Gasteiger charge is -2.34. The van der Waals surface area contributed by atoms with Crippen LogP contribution in [0.15, 0.2) is 18.2 Å². The highest BCUT2D eigenvalue weighted by molar-refractivity contribution is 5.36. The predicted octanol–water partition coefficient (Wildman–Crippen LogP) is 4.02. The molecule has 0 spiro atoms. The fraction of sp³-hybridized carbons (Fsp3) is 0.667. The molecule has 3 nitrogen and oxygen atoms in total. The number of hydrogen-bond donors (Lipinski definition) is 1. The van der Waals surface area contributed by atoms with E-state index in [1.54, 1.807) is 7.11 Å². The maximum atomic E-state index is 10.8. The summed E-state index contributed by atoms with van der Waals surface area (Å²) in [5, 5.41) is 10.8. The Morgan fingerprint density at radius 3 is 2.52 bits per heavy atom. The minimum absolute atomic E-state index is 0.0950. The van der Waals surface area contributed by atoms with Crippen molar-refractivity contribution in [2.45, 2.75) is 58.2 Å². The van der Waals surface area contributed by atoms with Gasteiger partial charge in [0.05, 0.1) is 13.2 Å². The van der Waals surface area contributed by atoms with Crippen molar-refractivity contribution in [1.29, 1.82) is 0 Å². The third-order valence-electron chi connectivity index (χ3n) is 4.58. The molecule has 3 heteroatoms. The maximum absolute atomic E-state index is 10.8. The molecule has 1 aromatic carbocycles. The van der Waals surface area contributed by atoms with E-state index in [4.69, 9.17) is 9.47 Å². The number of hydrogen-bond acceptors (Lipinski definition) is 3. The average Bonchev–Trinajstić information content (AvgIpc) is 2.52. The molecule has 21 heavy (non-hydrogen) atoms. The Bertz CT molecular complexity index is 438. The van der Waals surface area contributed by atoms with Gasteiger partial charge in [0.2, 0.25) is 0 Å². The Hall–Kier alpha value is -1.06. The van der Waals surface area contributed by atoms with Gasteiger partial charge in [-0.2, -0.15) is 0 Å². The van der Waals surface area contributed by atoms with Gasteiger partial charge < -0.3 is 14.6 Å². The van der Waals surface area contributed by atoms with Crippen molar-refractivity contribution in [3.05, 3.63) is 29.3 Å². The quantitative estimate of drug-likeness (QED) is 0.860. The number of benzene rings is 1. The Morgan fingerprint density at radius 1 is 1.24 bits per heavy atom. The van der Waals surface area contributed by atoms with E-state index in [0.29, 0.717) is 12.5 Å². The van der Waals surface area contributed by atoms with Crippen molar-refractivity contribution < 1.29 is 14.6 Å². The Balaban J connectivity index is 2.18. The van der Waals surface area contributed by atoms with Gasteiger partial charge in [-0.25, -0.2) is 0 Å². The van der Waals surface area contributed by atoms with Crippen LogP contribution in [-0.2, 0) is 4.74 Å². The molecule has 0 saturated heterocycles. The van der Waals surface area contributed by atoms with Gasteiger partial charge in [-0.1, -0.05) is 25.3 Å². The van der Waals surface area contributed by atoms with Crippen LogP contribution in [0.5, 0.6) is 5.75 Å². The minimum atomic E-state index is -0.557. The summed E-state index contributed by atoms with van der Waals surface area (Å²) < 4.78 is 11.2. The summed E-state index contributed by atoms with van der Waals surface area (Å²) in [5.41, 5.74) is 2.02. The predicted molar refractivity (Wildman–Crippen MR) is 84.7 cm³/mol. The summed E-state index contributed by atoms with van der Waals surface area (Å²) in [6, 6.07) is 5.85. The molecule has 0 heterocycles. The van der Waals surface area contributed by atoms with Gasteiger partial charge in [0.15, 0.2) is 0 Å². The smallest absolute Gasteiger partial charge is 0.119 e. The molecule has 1 saturated carbocycles. The lowest BCUT2D eigenvalue weighted by Crippen LogP contribution is -2.32. The molecule has 1 aromatic rings. The van der Waals surface area contributed by atoms with Crippen molar-refractivity contribution in [3.8, 4) is 5.75 Å². The van der Waals surface area contributed by atoms with Crippen LogP contribution in [0.2, 0.25) is 0 Å². The van der Waals surface area contributed by atoms with Crippen LogP contribution in [-0.4, -0.2) is 24.9 Å². The Labute approximate surface area is 128 Å². The van der Waals surface area contributed by atoms with Crippen molar-refractivity contribution in [1.82, 2.24) is 0 Å². The average molecular weight is 292 g/mol. The zero-order chi connectivity index (χ0) is 15.2. The number of rotatable bonds is 6. The lowest BCUT2D eigenvalue weighted by molar-refractivity contribution is -0.0741. The first kappa shape index (κ1) is 16.3. The van der Waals surface area contributed by atoms with Crippen molar-refractivity contribution >= 4 is 0 Å². The maximum Gasteiger partial charge on any atom is 0.119 e. The van der Waals surface area contributed by atoms with E-state index in [1.807, 2.05) is 32.0 Å². The topological polar surface area (TPSA) is 38.7 Å². The highest BCUT2D eigenvalue weighted by atomic mass is 16.5. The van der Waals surface area contributed by atoms with E-state index >= 15 is 0 Å². The van der Waals surface area contributed by atoms with Crippen molar-refractivity contribution in [3.63, 3.8) is 0 Å². The van der Waals surface area contributed by atoms with Gasteiger partial charge in [0, 0.05) is 6.61 Å². The summed E-state index contributed by atoms with van der Waals surface area (Å²) in [6.07, 6.45) is 5.49. The Morgan fingerprint density at radius 2 is 1.95 bits per heavy atom. The second-order valence-electron chi connectivity index (χ2n) is 5.99. The van der Waals surface area contributed by atoms with E-state index in [9.17, 15) is 5.11 Å². The summed E-state index contributed by atoms with van der Waals surface area (Å²) in [4.78, 5) is 0. The van der Waals surface area contributed by atoms with Crippen LogP contribution in [0.25, 0.3) is 0 Å². The SMILES string of the molecule is CCOC(C1CCCCC1)C(O)c1ccc(OC)cc1C. The number of methoxy groups -OCH3 is 1. The second-order valence-corrected chi connectivity index (χ2v) is 5.99. The van der Waals surface area contributed by atoms with Crippen molar-refractivity contribution in [2.24, 2.45) is 5.92 Å². The standard InChI is InChI=1S/C18H28O3/c1-4-21-18(14-8-6-5-7-9-14)17(19)16-11-10-15(20-3)12-13(16)2/h10-12,14,17-19H,4-9H2,1-3H3. The molecular formula is C18H28O3. The second kappa shape index (κ2) is 7.81. The molecule has 1 aliphatic carbocycles. The molecule has 2 rings (SSSR count). The first-order valence-electron chi connectivity index (χ1n) is 8.11. The van der Waals surface area contributed by atoms with E-state index in [1.165, 1.54) is 19.3 Å². The van der Waals surface area contributed by atoms with Crippen LogP contribution < -0.4 is 4.74 Å². The number of aliphatic hydroxyl groups excluding tert-OH is 1. The van der Waals surface area contributed by atoms with Gasteiger partial charge in [-0.15, -0.1) is 0 Å². The van der Waals surface area contributed by atoms with Gasteiger partial charge in [0.1, 0.15) is 11.9 Å². The Kier molecular flexibility index (Phi) is 6.07. The molecule has 1 N–H and O–H groups in total. The van der Waals surface area contributed by atoms with E-state index in [-0.39, 0.29) is 6.10 Å². The fourth-order valence-electron chi connectivity index (χ4n) is 3.42. The highest BCUT2D eigenvalue weighted by Gasteiger charge is 2.31. The van der Waals surface area contributed by atoms with E-state index < -0.39 is 6.10 Å². The monoisotopic (exact) mass is 292 g/mol. The fourth-order valence-corrected chi connectivity index (χ4v) is 3.42. The summed E-state index contributed by atoms with van der Waals surface area (Å²) >= 11 is 0. The molecule has 2 atom stereocenters. The molecule has 2 unspecified atom stereocenters. The third-order valence-corrected chi connectivity index (χ3v) is 4.58. The molecule has 118 valence electrons.